The number of benzene rings is 1. The van der Waals surface area contributed by atoms with Crippen molar-refractivity contribution in [2.45, 2.75) is 12.1 Å². The van der Waals surface area contributed by atoms with Crippen LogP contribution in [0.15, 0.2) is 35.5 Å². The summed E-state index contributed by atoms with van der Waals surface area (Å²) in [6, 6.07) is 5.85. The van der Waals surface area contributed by atoms with E-state index < -0.39 is 0 Å². The van der Waals surface area contributed by atoms with Gasteiger partial charge in [0.15, 0.2) is 5.16 Å². The number of hydrogen-bond donors (Lipinski definition) is 2. The minimum atomic E-state index is 0.516. The first-order valence-corrected chi connectivity index (χ1v) is 6.83. The molecule has 2 rings (SSSR count). The van der Waals surface area contributed by atoms with Gasteiger partial charge < -0.3 is 15.5 Å². The maximum atomic E-state index is 5.50. The number of H-pyrrole nitrogens is 1. The Hall–Kier alpha value is -1.46. The van der Waals surface area contributed by atoms with E-state index in [4.69, 9.17) is 10.5 Å². The molecule has 0 amide bonds. The molecule has 0 aliphatic rings. The number of aromatic nitrogens is 2. The van der Waals surface area contributed by atoms with Gasteiger partial charge in [0.25, 0.3) is 0 Å². The van der Waals surface area contributed by atoms with E-state index >= 15 is 0 Å². The molecule has 96 valence electrons. The molecule has 0 aliphatic heterocycles. The highest BCUT2D eigenvalue weighted by molar-refractivity contribution is 7.99. The van der Waals surface area contributed by atoms with Gasteiger partial charge in [0.1, 0.15) is 5.75 Å². The Bertz CT molecular complexity index is 550. The van der Waals surface area contributed by atoms with Crippen LogP contribution in [0.2, 0.25) is 0 Å². The van der Waals surface area contributed by atoms with E-state index in [1.54, 1.807) is 11.8 Å². The highest BCUT2D eigenvalue weighted by Gasteiger charge is 2.05. The molecule has 1 aromatic heterocycles. The lowest BCUT2D eigenvalue weighted by molar-refractivity contribution is 0.340. The monoisotopic (exact) mass is 263 g/mol. The lowest BCUT2D eigenvalue weighted by Crippen LogP contribution is -2.03. The third-order valence-electron chi connectivity index (χ3n) is 2.44. The van der Waals surface area contributed by atoms with Crippen molar-refractivity contribution in [3.63, 3.8) is 0 Å². The lowest BCUT2D eigenvalue weighted by atomic mass is 10.3. The first kappa shape index (κ1) is 13.0. The molecular formula is C13H17N3OS. The molecule has 0 saturated heterocycles. The number of imidazole rings is 1. The van der Waals surface area contributed by atoms with Crippen LogP contribution in [0, 0.1) is 0 Å². The molecule has 0 bridgehead atoms. The molecule has 2 aromatic rings. The van der Waals surface area contributed by atoms with Gasteiger partial charge in [-0.15, -0.1) is 0 Å². The normalized spacial score (nSPS) is 10.8. The summed E-state index contributed by atoms with van der Waals surface area (Å²) in [5.41, 5.74) is 8.45. The average Bonchev–Trinajstić information content (AvgIpc) is 2.78. The summed E-state index contributed by atoms with van der Waals surface area (Å²) in [4.78, 5) is 7.75. The fourth-order valence-electron chi connectivity index (χ4n) is 1.52. The van der Waals surface area contributed by atoms with Crippen LogP contribution in [0.4, 0.5) is 0 Å². The number of nitrogens with zero attached hydrogens (tertiary/aromatic N) is 1. The molecule has 0 aliphatic carbocycles. The van der Waals surface area contributed by atoms with E-state index in [9.17, 15) is 0 Å². The Labute approximate surface area is 111 Å². The van der Waals surface area contributed by atoms with Crippen LogP contribution in [0.3, 0.4) is 0 Å². The summed E-state index contributed by atoms with van der Waals surface area (Å²) >= 11 is 1.61. The van der Waals surface area contributed by atoms with Crippen molar-refractivity contribution in [3.8, 4) is 5.75 Å². The summed E-state index contributed by atoms with van der Waals surface area (Å²) in [5, 5.41) is 0.883. The SMILES string of the molecule is C=C(CN)CSc1nc2ccc(OCC)cc2[nH]1. The topological polar surface area (TPSA) is 63.9 Å². The van der Waals surface area contributed by atoms with Crippen LogP contribution in [0.1, 0.15) is 6.92 Å². The molecule has 0 fully saturated rings. The summed E-state index contributed by atoms with van der Waals surface area (Å²) in [6.45, 7) is 7.02. The first-order chi connectivity index (χ1) is 8.72. The summed E-state index contributed by atoms with van der Waals surface area (Å²) in [5.74, 6) is 1.64. The zero-order valence-electron chi connectivity index (χ0n) is 10.4. The van der Waals surface area contributed by atoms with Gasteiger partial charge in [-0.05, 0) is 19.1 Å². The second-order valence-electron chi connectivity index (χ2n) is 3.90. The zero-order chi connectivity index (χ0) is 13.0. The fraction of sp³-hybridized carbons (Fsp3) is 0.308. The van der Waals surface area contributed by atoms with Crippen molar-refractivity contribution >= 4 is 22.8 Å². The van der Waals surface area contributed by atoms with Crippen LogP contribution >= 0.6 is 11.8 Å². The summed E-state index contributed by atoms with van der Waals surface area (Å²) in [6.07, 6.45) is 0. The van der Waals surface area contributed by atoms with E-state index in [-0.39, 0.29) is 0 Å². The van der Waals surface area contributed by atoms with Gasteiger partial charge in [-0.1, -0.05) is 23.9 Å². The summed E-state index contributed by atoms with van der Waals surface area (Å²) in [7, 11) is 0. The van der Waals surface area contributed by atoms with E-state index in [1.165, 1.54) is 0 Å². The largest absolute Gasteiger partial charge is 0.494 e. The number of ether oxygens (including phenoxy) is 1. The molecule has 3 N–H and O–H groups in total. The molecule has 1 aromatic carbocycles. The van der Waals surface area contributed by atoms with Gasteiger partial charge in [0.2, 0.25) is 0 Å². The number of rotatable bonds is 6. The standard InChI is InChI=1S/C13H17N3OS/c1-3-17-10-4-5-11-12(6-10)16-13(15-11)18-8-9(2)7-14/h4-6H,2-3,7-8,14H2,1H3,(H,15,16). The van der Waals surface area contributed by atoms with E-state index in [0.29, 0.717) is 13.2 Å². The molecule has 0 radical (unpaired) electrons. The van der Waals surface area contributed by atoms with Crippen LogP contribution in [-0.2, 0) is 0 Å². The quantitative estimate of drug-likeness (QED) is 0.621. The molecule has 18 heavy (non-hydrogen) atoms. The Morgan fingerprint density at radius 1 is 1.56 bits per heavy atom. The predicted molar refractivity (Wildman–Crippen MR) is 76.2 cm³/mol. The van der Waals surface area contributed by atoms with Gasteiger partial charge in [-0.2, -0.15) is 0 Å². The van der Waals surface area contributed by atoms with Crippen molar-refractivity contribution in [2.24, 2.45) is 5.73 Å². The van der Waals surface area contributed by atoms with Gasteiger partial charge in [0.05, 0.1) is 17.6 Å². The second kappa shape index (κ2) is 5.93. The van der Waals surface area contributed by atoms with Crippen molar-refractivity contribution < 1.29 is 4.74 Å². The van der Waals surface area contributed by atoms with Crippen LogP contribution in [0.5, 0.6) is 5.75 Å². The Morgan fingerprint density at radius 3 is 3.11 bits per heavy atom. The van der Waals surface area contributed by atoms with Gasteiger partial charge in [0, 0.05) is 18.4 Å². The molecule has 0 saturated carbocycles. The molecular weight excluding hydrogens is 246 g/mol. The lowest BCUT2D eigenvalue weighted by Gasteiger charge is -2.00. The third-order valence-corrected chi connectivity index (χ3v) is 3.46. The van der Waals surface area contributed by atoms with Crippen molar-refractivity contribution in [1.29, 1.82) is 0 Å². The third kappa shape index (κ3) is 3.05. The minimum Gasteiger partial charge on any atom is -0.494 e. The van der Waals surface area contributed by atoms with Crippen molar-refractivity contribution in [1.82, 2.24) is 9.97 Å². The Morgan fingerprint density at radius 2 is 2.39 bits per heavy atom. The van der Waals surface area contributed by atoms with Crippen LogP contribution in [0.25, 0.3) is 11.0 Å². The second-order valence-corrected chi connectivity index (χ2v) is 4.86. The molecule has 0 atom stereocenters. The molecule has 4 nitrogen and oxygen atoms in total. The number of nitrogens with two attached hydrogens (primary N) is 1. The smallest absolute Gasteiger partial charge is 0.166 e. The van der Waals surface area contributed by atoms with E-state index in [0.717, 1.165) is 33.3 Å². The van der Waals surface area contributed by atoms with Gasteiger partial charge >= 0.3 is 0 Å². The number of hydrogen-bond acceptors (Lipinski definition) is 4. The number of aromatic amines is 1. The highest BCUT2D eigenvalue weighted by atomic mass is 32.2. The fourth-order valence-corrected chi connectivity index (χ4v) is 2.32. The van der Waals surface area contributed by atoms with E-state index in [2.05, 4.69) is 16.5 Å². The molecule has 5 heteroatoms. The number of nitrogens with one attached hydrogen (secondary N) is 1. The summed E-state index contributed by atoms with van der Waals surface area (Å²) < 4.78 is 5.45. The van der Waals surface area contributed by atoms with Crippen molar-refractivity contribution in [3.05, 3.63) is 30.4 Å². The molecule has 1 heterocycles. The number of thioether (sulfide) groups is 1. The predicted octanol–water partition coefficient (Wildman–Crippen LogP) is 2.57. The Kier molecular flexibility index (Phi) is 4.28. The van der Waals surface area contributed by atoms with Crippen LogP contribution in [-0.4, -0.2) is 28.9 Å². The van der Waals surface area contributed by atoms with Crippen LogP contribution < -0.4 is 10.5 Å². The van der Waals surface area contributed by atoms with Gasteiger partial charge in [-0.25, -0.2) is 4.98 Å². The Balaban J connectivity index is 2.14. The molecule has 0 spiro atoms. The highest BCUT2D eigenvalue weighted by Crippen LogP contribution is 2.24. The van der Waals surface area contributed by atoms with Crippen molar-refractivity contribution in [2.75, 3.05) is 18.9 Å². The van der Waals surface area contributed by atoms with E-state index in [1.807, 2.05) is 25.1 Å². The molecule has 0 unspecified atom stereocenters. The minimum absolute atomic E-state index is 0.516. The maximum absolute atomic E-state index is 5.50. The first-order valence-electron chi connectivity index (χ1n) is 5.85. The average molecular weight is 263 g/mol. The maximum Gasteiger partial charge on any atom is 0.166 e. The zero-order valence-corrected chi connectivity index (χ0v) is 11.2. The number of fused-ring (bicyclic) bond motifs is 1. The van der Waals surface area contributed by atoms with Gasteiger partial charge in [-0.3, -0.25) is 0 Å².